The average Bonchev–Trinajstić information content (AvgIpc) is 2.17. The summed E-state index contributed by atoms with van der Waals surface area (Å²) < 4.78 is 6.76. The van der Waals surface area contributed by atoms with Crippen molar-refractivity contribution < 1.29 is 4.74 Å². The van der Waals surface area contributed by atoms with Gasteiger partial charge in [0, 0.05) is 4.47 Å². The van der Waals surface area contributed by atoms with Gasteiger partial charge < -0.3 is 4.74 Å². The van der Waals surface area contributed by atoms with Crippen LogP contribution < -0.4 is 0 Å². The van der Waals surface area contributed by atoms with Gasteiger partial charge in [-0.25, -0.2) is 0 Å². The summed E-state index contributed by atoms with van der Waals surface area (Å²) >= 11 is 3.39. The first-order valence-electron chi connectivity index (χ1n) is 4.55. The Hall–Kier alpha value is -0.600. The molecule has 0 saturated heterocycles. The first kappa shape index (κ1) is 11.5. The summed E-state index contributed by atoms with van der Waals surface area (Å²) in [7, 11) is 0. The van der Waals surface area contributed by atoms with Gasteiger partial charge in [0.15, 0.2) is 0 Å². The lowest BCUT2D eigenvalue weighted by Gasteiger charge is -2.20. The summed E-state index contributed by atoms with van der Waals surface area (Å²) in [6.07, 6.45) is 1.81. The van der Waals surface area contributed by atoms with E-state index in [0.29, 0.717) is 6.61 Å². The molecule has 1 aromatic rings. The molecule has 0 heterocycles. The molecule has 0 aliphatic rings. The number of rotatable bonds is 4. The maximum Gasteiger partial charge on any atom is 0.0808 e. The molecule has 0 spiro atoms. The topological polar surface area (TPSA) is 9.23 Å². The lowest BCUT2D eigenvalue weighted by molar-refractivity contribution is 0.00739. The van der Waals surface area contributed by atoms with Gasteiger partial charge in [-0.15, -0.1) is 6.58 Å². The van der Waals surface area contributed by atoms with E-state index >= 15 is 0 Å². The van der Waals surface area contributed by atoms with Crippen LogP contribution in [0.25, 0.3) is 0 Å². The van der Waals surface area contributed by atoms with E-state index < -0.39 is 0 Å². The van der Waals surface area contributed by atoms with E-state index in [1.165, 1.54) is 5.56 Å². The van der Waals surface area contributed by atoms with Gasteiger partial charge in [0.2, 0.25) is 0 Å². The third-order valence-electron chi connectivity index (χ3n) is 2.02. The van der Waals surface area contributed by atoms with Crippen molar-refractivity contribution in [2.24, 2.45) is 0 Å². The fourth-order valence-corrected chi connectivity index (χ4v) is 1.17. The van der Waals surface area contributed by atoms with Crippen molar-refractivity contribution in [2.45, 2.75) is 26.1 Å². The zero-order valence-corrected chi connectivity index (χ0v) is 10.2. The lowest BCUT2D eigenvalue weighted by Crippen LogP contribution is -2.20. The molecule has 0 radical (unpaired) electrons. The monoisotopic (exact) mass is 254 g/mol. The molecule has 1 aromatic carbocycles. The fourth-order valence-electron chi connectivity index (χ4n) is 0.909. The van der Waals surface area contributed by atoms with Crippen molar-refractivity contribution in [2.75, 3.05) is 0 Å². The predicted molar refractivity (Wildman–Crippen MR) is 63.2 cm³/mol. The summed E-state index contributed by atoms with van der Waals surface area (Å²) in [5.41, 5.74) is 0.913. The second-order valence-corrected chi connectivity index (χ2v) is 4.64. The SMILES string of the molecule is C=CC(C)(C)OCc1ccc(Br)cc1. The highest BCUT2D eigenvalue weighted by Crippen LogP contribution is 2.15. The van der Waals surface area contributed by atoms with E-state index in [-0.39, 0.29) is 5.60 Å². The van der Waals surface area contributed by atoms with Gasteiger partial charge in [0.05, 0.1) is 12.2 Å². The summed E-state index contributed by atoms with van der Waals surface area (Å²) in [5.74, 6) is 0. The van der Waals surface area contributed by atoms with Crippen molar-refractivity contribution in [1.29, 1.82) is 0 Å². The van der Waals surface area contributed by atoms with Crippen LogP contribution in [0.5, 0.6) is 0 Å². The molecule has 1 rings (SSSR count). The summed E-state index contributed by atoms with van der Waals surface area (Å²) in [5, 5.41) is 0. The second kappa shape index (κ2) is 4.76. The van der Waals surface area contributed by atoms with E-state index in [9.17, 15) is 0 Å². The molecule has 76 valence electrons. The van der Waals surface area contributed by atoms with Gasteiger partial charge in [0.25, 0.3) is 0 Å². The van der Waals surface area contributed by atoms with Crippen molar-refractivity contribution >= 4 is 15.9 Å². The first-order valence-corrected chi connectivity index (χ1v) is 5.35. The number of hydrogen-bond acceptors (Lipinski definition) is 1. The van der Waals surface area contributed by atoms with Gasteiger partial charge in [0.1, 0.15) is 0 Å². The maximum absolute atomic E-state index is 5.67. The molecule has 1 nitrogen and oxygen atoms in total. The molecule has 0 fully saturated rings. The number of hydrogen-bond donors (Lipinski definition) is 0. The van der Waals surface area contributed by atoms with Crippen molar-refractivity contribution in [3.63, 3.8) is 0 Å². The Bertz CT molecular complexity index is 301. The van der Waals surface area contributed by atoms with E-state index in [4.69, 9.17) is 4.74 Å². The van der Waals surface area contributed by atoms with E-state index in [1.807, 2.05) is 44.2 Å². The Kier molecular flexibility index (Phi) is 3.90. The Balaban J connectivity index is 2.54. The highest BCUT2D eigenvalue weighted by atomic mass is 79.9. The minimum Gasteiger partial charge on any atom is -0.367 e. The van der Waals surface area contributed by atoms with Crippen LogP contribution in [0.15, 0.2) is 41.4 Å². The van der Waals surface area contributed by atoms with Gasteiger partial charge in [-0.1, -0.05) is 34.1 Å². The molecule has 0 amide bonds. The zero-order valence-electron chi connectivity index (χ0n) is 8.59. The van der Waals surface area contributed by atoms with Gasteiger partial charge >= 0.3 is 0 Å². The molecular weight excluding hydrogens is 240 g/mol. The van der Waals surface area contributed by atoms with E-state index in [0.717, 1.165) is 4.47 Å². The minimum atomic E-state index is -0.257. The summed E-state index contributed by atoms with van der Waals surface area (Å²) in [6.45, 7) is 8.34. The number of benzene rings is 1. The van der Waals surface area contributed by atoms with Gasteiger partial charge in [-0.05, 0) is 31.5 Å². The predicted octanol–water partition coefficient (Wildman–Crippen LogP) is 3.93. The third kappa shape index (κ3) is 3.64. The smallest absolute Gasteiger partial charge is 0.0808 e. The molecular formula is C12H15BrO. The van der Waals surface area contributed by atoms with Crippen LogP contribution in [0.3, 0.4) is 0 Å². The second-order valence-electron chi connectivity index (χ2n) is 3.72. The first-order chi connectivity index (χ1) is 6.53. The molecule has 14 heavy (non-hydrogen) atoms. The van der Waals surface area contributed by atoms with Gasteiger partial charge in [-0.2, -0.15) is 0 Å². The molecule has 0 bridgehead atoms. The molecule has 2 heteroatoms. The Morgan fingerprint density at radius 1 is 1.36 bits per heavy atom. The van der Waals surface area contributed by atoms with E-state index in [1.54, 1.807) is 0 Å². The highest BCUT2D eigenvalue weighted by Gasteiger charge is 2.12. The molecule has 0 aromatic heterocycles. The van der Waals surface area contributed by atoms with Crippen LogP contribution in [0.2, 0.25) is 0 Å². The van der Waals surface area contributed by atoms with Crippen LogP contribution in [0.1, 0.15) is 19.4 Å². The molecule has 0 aliphatic heterocycles. The Morgan fingerprint density at radius 2 is 1.93 bits per heavy atom. The van der Waals surface area contributed by atoms with Gasteiger partial charge in [-0.3, -0.25) is 0 Å². The van der Waals surface area contributed by atoms with Crippen LogP contribution in [0.4, 0.5) is 0 Å². The van der Waals surface area contributed by atoms with Crippen molar-refractivity contribution in [3.8, 4) is 0 Å². The number of halogens is 1. The van der Waals surface area contributed by atoms with Crippen LogP contribution in [0, 0.1) is 0 Å². The zero-order chi connectivity index (χ0) is 10.6. The maximum atomic E-state index is 5.67. The summed E-state index contributed by atoms with van der Waals surface area (Å²) in [4.78, 5) is 0. The molecule has 0 N–H and O–H groups in total. The molecule has 0 atom stereocenters. The average molecular weight is 255 g/mol. The molecule has 0 aliphatic carbocycles. The third-order valence-corrected chi connectivity index (χ3v) is 2.54. The van der Waals surface area contributed by atoms with Crippen molar-refractivity contribution in [3.05, 3.63) is 47.0 Å². The van der Waals surface area contributed by atoms with E-state index in [2.05, 4.69) is 22.5 Å². The number of ether oxygens (including phenoxy) is 1. The Morgan fingerprint density at radius 3 is 2.43 bits per heavy atom. The largest absolute Gasteiger partial charge is 0.367 e. The summed E-state index contributed by atoms with van der Waals surface area (Å²) in [6, 6.07) is 8.12. The van der Waals surface area contributed by atoms with Crippen molar-refractivity contribution in [1.82, 2.24) is 0 Å². The van der Waals surface area contributed by atoms with Crippen LogP contribution >= 0.6 is 15.9 Å². The molecule has 0 saturated carbocycles. The quantitative estimate of drug-likeness (QED) is 0.740. The Labute approximate surface area is 93.9 Å². The minimum absolute atomic E-state index is 0.257. The normalized spacial score (nSPS) is 11.4. The fraction of sp³-hybridized carbons (Fsp3) is 0.333. The molecule has 0 unspecified atom stereocenters. The highest BCUT2D eigenvalue weighted by molar-refractivity contribution is 9.10. The standard InChI is InChI=1S/C12H15BrO/c1-4-12(2,3)14-9-10-5-7-11(13)8-6-10/h4-8H,1,9H2,2-3H3. The van der Waals surface area contributed by atoms with Crippen LogP contribution in [-0.2, 0) is 11.3 Å². The lowest BCUT2D eigenvalue weighted by atomic mass is 10.1. The van der Waals surface area contributed by atoms with Crippen LogP contribution in [-0.4, -0.2) is 5.60 Å².